The van der Waals surface area contributed by atoms with Gasteiger partial charge in [-0.3, -0.25) is 0 Å². The fourth-order valence-corrected chi connectivity index (χ4v) is 0.478. The van der Waals surface area contributed by atoms with Crippen LogP contribution in [0.15, 0.2) is 18.2 Å². The molecule has 1 aromatic carbocycles. The zero-order chi connectivity index (χ0) is 5.82. The highest BCUT2D eigenvalue weighted by molar-refractivity contribution is 5.07. The Balaban J connectivity index is 2.83. The molecular weight excluding hydrogens is 100 g/mol. The smallest absolute Gasteiger partial charge is 0.0688 e. The van der Waals surface area contributed by atoms with Crippen molar-refractivity contribution in [2.75, 3.05) is 0 Å². The van der Waals surface area contributed by atoms with Crippen LogP contribution in [0.3, 0.4) is 0 Å². The van der Waals surface area contributed by atoms with E-state index in [1.165, 1.54) is 0 Å². The molecule has 1 rings (SSSR count). The fraction of sp³-hybridized carbons (Fsp3) is 0.143. The standard InChI is InChI=1S/C7H6O/c8-6-7-4-2-1-3-5-7/h2,4-5,8H,6H2. The Hall–Kier alpha value is -1.00. The van der Waals surface area contributed by atoms with Gasteiger partial charge in [-0.15, -0.1) is 0 Å². The van der Waals surface area contributed by atoms with E-state index in [1.54, 1.807) is 18.2 Å². The second-order valence-electron chi connectivity index (χ2n) is 1.50. The van der Waals surface area contributed by atoms with Crippen LogP contribution in [0.1, 0.15) is 5.56 Å². The van der Waals surface area contributed by atoms with Crippen molar-refractivity contribution in [3.8, 4) is 0 Å². The van der Waals surface area contributed by atoms with Gasteiger partial charge in [-0.05, 0) is 23.8 Å². The molecule has 0 spiro atoms. The topological polar surface area (TPSA) is 20.2 Å². The molecule has 0 aliphatic carbocycles. The molecule has 0 aromatic heterocycles. The number of hydrogen-bond donors (Lipinski definition) is 1. The molecule has 0 saturated carbocycles. The van der Waals surface area contributed by atoms with Crippen LogP contribution in [0.2, 0.25) is 0 Å². The zero-order valence-corrected chi connectivity index (χ0v) is 4.39. The van der Waals surface area contributed by atoms with E-state index in [1.807, 2.05) is 0 Å². The highest BCUT2D eigenvalue weighted by Gasteiger charge is 1.80. The molecule has 1 N–H and O–H groups in total. The molecule has 0 saturated heterocycles. The normalized spacial score (nSPS) is 8.12. The van der Waals surface area contributed by atoms with Crippen LogP contribution in [0.4, 0.5) is 0 Å². The first kappa shape index (κ1) is 5.14. The van der Waals surface area contributed by atoms with Crippen molar-refractivity contribution in [1.82, 2.24) is 0 Å². The summed E-state index contributed by atoms with van der Waals surface area (Å²) in [6.07, 6.45) is 0. The van der Waals surface area contributed by atoms with Gasteiger partial charge in [-0.1, -0.05) is 12.1 Å². The number of hydrogen-bond acceptors (Lipinski definition) is 1. The summed E-state index contributed by atoms with van der Waals surface area (Å²) in [6.45, 7) is 0.0885. The number of aliphatic hydroxyl groups excluding tert-OH is 1. The number of aliphatic hydroxyl groups is 1. The van der Waals surface area contributed by atoms with Gasteiger partial charge in [0.15, 0.2) is 0 Å². The molecule has 1 aromatic rings. The van der Waals surface area contributed by atoms with Gasteiger partial charge in [0.05, 0.1) is 6.61 Å². The lowest BCUT2D eigenvalue weighted by Crippen LogP contribution is -1.76. The summed E-state index contributed by atoms with van der Waals surface area (Å²) < 4.78 is 0. The van der Waals surface area contributed by atoms with Crippen LogP contribution in [0.25, 0.3) is 0 Å². The average molecular weight is 106 g/mol. The third-order valence-corrected chi connectivity index (χ3v) is 0.904. The van der Waals surface area contributed by atoms with Gasteiger partial charge >= 0.3 is 0 Å². The van der Waals surface area contributed by atoms with Gasteiger partial charge in [0.1, 0.15) is 0 Å². The summed E-state index contributed by atoms with van der Waals surface area (Å²) in [6, 6.07) is 10.7. The molecule has 0 radical (unpaired) electrons. The predicted octanol–water partition coefficient (Wildman–Crippen LogP) is 0.779. The summed E-state index contributed by atoms with van der Waals surface area (Å²) in [7, 11) is 0. The summed E-state index contributed by atoms with van der Waals surface area (Å²) in [5, 5.41) is 8.50. The lowest BCUT2D eigenvalue weighted by atomic mass is 10.3. The quantitative estimate of drug-likeness (QED) is 0.561. The molecule has 0 atom stereocenters. The number of rotatable bonds is 1. The van der Waals surface area contributed by atoms with Gasteiger partial charge in [-0.25, -0.2) is 0 Å². The van der Waals surface area contributed by atoms with Crippen molar-refractivity contribution >= 4 is 0 Å². The predicted molar refractivity (Wildman–Crippen MR) is 30.0 cm³/mol. The Kier molecular flexibility index (Phi) is 1.51. The molecule has 0 amide bonds. The average Bonchev–Trinajstić information content (AvgIpc) is 1.90. The molecule has 1 heteroatoms. The summed E-state index contributed by atoms with van der Waals surface area (Å²) >= 11 is 0. The van der Waals surface area contributed by atoms with Crippen molar-refractivity contribution in [2.24, 2.45) is 0 Å². The highest BCUT2D eigenvalue weighted by Crippen LogP contribution is 1.91. The molecule has 0 bridgehead atoms. The van der Waals surface area contributed by atoms with Crippen LogP contribution in [0.5, 0.6) is 0 Å². The Morgan fingerprint density at radius 2 is 2.38 bits per heavy atom. The fourth-order valence-electron chi connectivity index (χ4n) is 0.478. The Morgan fingerprint density at radius 3 is 2.75 bits per heavy atom. The maximum atomic E-state index is 8.50. The monoisotopic (exact) mass is 106 g/mol. The van der Waals surface area contributed by atoms with Crippen LogP contribution >= 0.6 is 0 Å². The third kappa shape index (κ3) is 0.988. The van der Waals surface area contributed by atoms with E-state index in [2.05, 4.69) is 12.1 Å². The lowest BCUT2D eigenvalue weighted by Gasteiger charge is -1.85. The van der Waals surface area contributed by atoms with E-state index in [9.17, 15) is 0 Å². The van der Waals surface area contributed by atoms with E-state index < -0.39 is 0 Å². The first-order valence-electron chi connectivity index (χ1n) is 2.41. The van der Waals surface area contributed by atoms with Crippen LogP contribution in [-0.4, -0.2) is 5.11 Å². The minimum Gasteiger partial charge on any atom is -0.392 e. The Labute approximate surface area is 48.6 Å². The second-order valence-corrected chi connectivity index (χ2v) is 1.50. The van der Waals surface area contributed by atoms with Crippen molar-refractivity contribution in [3.63, 3.8) is 0 Å². The maximum absolute atomic E-state index is 8.50. The zero-order valence-electron chi connectivity index (χ0n) is 4.39. The van der Waals surface area contributed by atoms with Crippen molar-refractivity contribution in [3.05, 3.63) is 35.9 Å². The van der Waals surface area contributed by atoms with Gasteiger partial charge in [0.2, 0.25) is 0 Å². The van der Waals surface area contributed by atoms with Gasteiger partial charge in [0, 0.05) is 0 Å². The van der Waals surface area contributed by atoms with Crippen LogP contribution in [0, 0.1) is 12.1 Å². The van der Waals surface area contributed by atoms with Gasteiger partial charge in [-0.2, -0.15) is 0 Å². The van der Waals surface area contributed by atoms with Crippen molar-refractivity contribution < 1.29 is 5.11 Å². The van der Waals surface area contributed by atoms with E-state index in [0.717, 1.165) is 5.56 Å². The molecule has 0 fully saturated rings. The van der Waals surface area contributed by atoms with Crippen molar-refractivity contribution in [1.29, 1.82) is 0 Å². The Bertz CT molecular complexity index is 146. The van der Waals surface area contributed by atoms with E-state index in [0.29, 0.717) is 0 Å². The van der Waals surface area contributed by atoms with Crippen molar-refractivity contribution in [2.45, 2.75) is 6.61 Å². The highest BCUT2D eigenvalue weighted by atomic mass is 16.3. The SMILES string of the molecule is OCc1cc#ccc1. The molecule has 0 heterocycles. The molecule has 40 valence electrons. The van der Waals surface area contributed by atoms with E-state index in [4.69, 9.17) is 5.11 Å². The molecule has 0 aliphatic rings. The summed E-state index contributed by atoms with van der Waals surface area (Å²) in [4.78, 5) is 0. The third-order valence-electron chi connectivity index (χ3n) is 0.904. The van der Waals surface area contributed by atoms with Crippen LogP contribution in [-0.2, 0) is 6.61 Å². The summed E-state index contributed by atoms with van der Waals surface area (Å²) in [5.41, 5.74) is 0.878. The molecule has 8 heavy (non-hydrogen) atoms. The van der Waals surface area contributed by atoms with Gasteiger partial charge < -0.3 is 5.11 Å². The second kappa shape index (κ2) is 2.34. The first-order valence-corrected chi connectivity index (χ1v) is 2.41. The minimum atomic E-state index is 0.0885. The van der Waals surface area contributed by atoms with Crippen LogP contribution < -0.4 is 0 Å². The van der Waals surface area contributed by atoms with E-state index >= 15 is 0 Å². The molecule has 0 unspecified atom stereocenters. The molecule has 1 nitrogen and oxygen atoms in total. The van der Waals surface area contributed by atoms with Gasteiger partial charge in [0.25, 0.3) is 0 Å². The first-order chi connectivity index (χ1) is 3.93. The largest absolute Gasteiger partial charge is 0.392 e. The minimum absolute atomic E-state index is 0.0885. The summed E-state index contributed by atoms with van der Waals surface area (Å²) in [5.74, 6) is 0. The maximum Gasteiger partial charge on any atom is 0.0688 e. The molecule has 0 aliphatic heterocycles. The van der Waals surface area contributed by atoms with E-state index in [-0.39, 0.29) is 6.61 Å². The molecular formula is C7H6O. The lowest BCUT2D eigenvalue weighted by molar-refractivity contribution is 0.282. The Morgan fingerprint density at radius 1 is 1.50 bits per heavy atom.